The highest BCUT2D eigenvalue weighted by Crippen LogP contribution is 2.39. The van der Waals surface area contributed by atoms with E-state index in [1.54, 1.807) is 6.07 Å². The second-order valence-corrected chi connectivity index (χ2v) is 10.2. The van der Waals surface area contributed by atoms with Gasteiger partial charge < -0.3 is 14.8 Å². The molecular weight excluding hydrogens is 459 g/mol. The van der Waals surface area contributed by atoms with Gasteiger partial charge in [0.15, 0.2) is 0 Å². The van der Waals surface area contributed by atoms with Crippen molar-refractivity contribution >= 4 is 28.6 Å². The van der Waals surface area contributed by atoms with E-state index in [1.807, 2.05) is 6.07 Å². The molecule has 0 unspecified atom stereocenters. The summed E-state index contributed by atoms with van der Waals surface area (Å²) in [5.41, 5.74) is 9.33. The molecule has 0 spiro atoms. The van der Waals surface area contributed by atoms with Gasteiger partial charge in [-0.25, -0.2) is 9.37 Å². The molecule has 0 amide bonds. The number of benzene rings is 3. The summed E-state index contributed by atoms with van der Waals surface area (Å²) in [5, 5.41) is 3.59. The van der Waals surface area contributed by atoms with Crippen LogP contribution in [0.25, 0.3) is 22.2 Å². The van der Waals surface area contributed by atoms with Crippen LogP contribution in [0.1, 0.15) is 42.0 Å². The lowest BCUT2D eigenvalue weighted by molar-refractivity contribution is 0.571. The van der Waals surface area contributed by atoms with Crippen LogP contribution in [0.2, 0.25) is 5.02 Å². The van der Waals surface area contributed by atoms with Crippen LogP contribution in [0.5, 0.6) is 0 Å². The van der Waals surface area contributed by atoms with Gasteiger partial charge in [-0.1, -0.05) is 55.8 Å². The lowest BCUT2D eigenvalue weighted by atomic mass is 9.88. The van der Waals surface area contributed by atoms with Gasteiger partial charge in [0.25, 0.3) is 0 Å². The van der Waals surface area contributed by atoms with E-state index in [9.17, 15) is 4.39 Å². The molecule has 5 rings (SSSR count). The number of hydrogen-bond donors (Lipinski definition) is 1. The smallest absolute Gasteiger partial charge is 0.206 e. The maximum Gasteiger partial charge on any atom is 0.206 e. The summed E-state index contributed by atoms with van der Waals surface area (Å²) in [4.78, 5) is 7.66. The van der Waals surface area contributed by atoms with E-state index in [4.69, 9.17) is 16.6 Å². The van der Waals surface area contributed by atoms with Gasteiger partial charge >= 0.3 is 0 Å². The first kappa shape index (κ1) is 23.8. The number of fused-ring (bicyclic) bond motifs is 1. The number of rotatable bonds is 5. The Morgan fingerprint density at radius 3 is 2.51 bits per heavy atom. The molecule has 2 heterocycles. The van der Waals surface area contributed by atoms with Crippen LogP contribution in [-0.4, -0.2) is 35.7 Å². The third-order valence-corrected chi connectivity index (χ3v) is 7.41. The molecule has 1 N–H and O–H groups in total. The minimum atomic E-state index is -0.396. The SMILES string of the molecule is Cc1cc2c(nc(N3CCNCC3)n2Cc2ccc(F)c(Cl)c2)c(-c2ccccc2C(C)C)c1C. The van der Waals surface area contributed by atoms with Crippen molar-refractivity contribution in [3.63, 3.8) is 0 Å². The van der Waals surface area contributed by atoms with E-state index in [0.717, 1.165) is 48.7 Å². The third kappa shape index (κ3) is 4.43. The molecule has 1 aliphatic heterocycles. The second-order valence-electron chi connectivity index (χ2n) is 9.79. The molecule has 35 heavy (non-hydrogen) atoms. The van der Waals surface area contributed by atoms with Crippen molar-refractivity contribution < 1.29 is 4.39 Å². The lowest BCUT2D eigenvalue weighted by Crippen LogP contribution is -2.44. The summed E-state index contributed by atoms with van der Waals surface area (Å²) >= 11 is 6.14. The number of halogens is 2. The van der Waals surface area contributed by atoms with Gasteiger partial charge in [-0.2, -0.15) is 0 Å². The first-order valence-electron chi connectivity index (χ1n) is 12.3. The highest BCUT2D eigenvalue weighted by Gasteiger charge is 2.24. The molecule has 1 aromatic heterocycles. The van der Waals surface area contributed by atoms with Gasteiger partial charge in [0.1, 0.15) is 5.82 Å². The molecule has 0 aliphatic carbocycles. The van der Waals surface area contributed by atoms with Crippen molar-refractivity contribution in [1.82, 2.24) is 14.9 Å². The maximum atomic E-state index is 13.9. The molecule has 1 aliphatic rings. The number of piperazine rings is 1. The fraction of sp³-hybridized carbons (Fsp3) is 0.345. The van der Waals surface area contributed by atoms with E-state index in [-0.39, 0.29) is 5.02 Å². The molecular formula is C29H32ClFN4. The summed E-state index contributed by atoms with van der Waals surface area (Å²) in [6.07, 6.45) is 0. The molecule has 1 fully saturated rings. The molecule has 4 nitrogen and oxygen atoms in total. The van der Waals surface area contributed by atoms with Gasteiger partial charge in [0.05, 0.1) is 22.6 Å². The molecule has 3 aromatic carbocycles. The van der Waals surface area contributed by atoms with Gasteiger partial charge in [-0.15, -0.1) is 0 Å². The van der Waals surface area contributed by atoms with Gasteiger partial charge in [-0.3, -0.25) is 0 Å². The maximum absolute atomic E-state index is 13.9. The Labute approximate surface area is 211 Å². The zero-order valence-corrected chi connectivity index (χ0v) is 21.6. The Morgan fingerprint density at radius 2 is 1.80 bits per heavy atom. The Bertz CT molecular complexity index is 1390. The summed E-state index contributed by atoms with van der Waals surface area (Å²) < 4.78 is 16.2. The first-order valence-corrected chi connectivity index (χ1v) is 12.7. The number of imidazole rings is 1. The molecule has 4 aromatic rings. The van der Waals surface area contributed by atoms with Crippen molar-refractivity contribution in [2.24, 2.45) is 0 Å². The summed E-state index contributed by atoms with van der Waals surface area (Å²) in [7, 11) is 0. The van der Waals surface area contributed by atoms with E-state index >= 15 is 0 Å². The lowest BCUT2D eigenvalue weighted by Gasteiger charge is -2.29. The van der Waals surface area contributed by atoms with E-state index in [2.05, 4.69) is 72.8 Å². The normalized spacial score (nSPS) is 14.3. The van der Waals surface area contributed by atoms with Crippen molar-refractivity contribution in [1.29, 1.82) is 0 Å². The van der Waals surface area contributed by atoms with Crippen LogP contribution in [0.4, 0.5) is 10.3 Å². The number of nitrogens with one attached hydrogen (secondary N) is 1. The largest absolute Gasteiger partial charge is 0.340 e. The molecule has 0 saturated carbocycles. The second kappa shape index (κ2) is 9.63. The van der Waals surface area contributed by atoms with Crippen molar-refractivity contribution in [3.8, 4) is 11.1 Å². The molecule has 0 bridgehead atoms. The Hall–Kier alpha value is -2.89. The Morgan fingerprint density at radius 1 is 1.06 bits per heavy atom. The highest BCUT2D eigenvalue weighted by molar-refractivity contribution is 6.30. The number of nitrogens with zero attached hydrogens (tertiary/aromatic N) is 3. The summed E-state index contributed by atoms with van der Waals surface area (Å²) in [6.45, 7) is 13.1. The Balaban J connectivity index is 1.77. The number of hydrogen-bond acceptors (Lipinski definition) is 3. The highest BCUT2D eigenvalue weighted by atomic mass is 35.5. The monoisotopic (exact) mass is 490 g/mol. The minimum Gasteiger partial charge on any atom is -0.340 e. The van der Waals surface area contributed by atoms with E-state index in [0.29, 0.717) is 12.5 Å². The van der Waals surface area contributed by atoms with Gasteiger partial charge in [0, 0.05) is 31.7 Å². The zero-order valence-electron chi connectivity index (χ0n) is 20.8. The van der Waals surface area contributed by atoms with Crippen molar-refractivity contribution in [3.05, 3.63) is 81.6 Å². The van der Waals surface area contributed by atoms with Crippen LogP contribution >= 0.6 is 11.6 Å². The fourth-order valence-corrected chi connectivity index (χ4v) is 5.32. The number of anilines is 1. The predicted molar refractivity (Wildman–Crippen MR) is 144 cm³/mol. The average molecular weight is 491 g/mol. The molecule has 1 saturated heterocycles. The van der Waals surface area contributed by atoms with Gasteiger partial charge in [-0.05, 0) is 65.8 Å². The average Bonchev–Trinajstić information content (AvgIpc) is 3.20. The van der Waals surface area contributed by atoms with Crippen molar-refractivity contribution in [2.45, 2.75) is 40.2 Å². The quantitative estimate of drug-likeness (QED) is 0.338. The number of aryl methyl sites for hydroxylation is 1. The topological polar surface area (TPSA) is 33.1 Å². The molecule has 6 heteroatoms. The Kier molecular flexibility index (Phi) is 6.56. The minimum absolute atomic E-state index is 0.147. The summed E-state index contributed by atoms with van der Waals surface area (Å²) in [5.74, 6) is 0.958. The van der Waals surface area contributed by atoms with Crippen LogP contribution in [-0.2, 0) is 6.54 Å². The van der Waals surface area contributed by atoms with Crippen LogP contribution in [0.3, 0.4) is 0 Å². The van der Waals surface area contributed by atoms with Crippen molar-refractivity contribution in [2.75, 3.05) is 31.1 Å². The molecule has 182 valence electrons. The van der Waals surface area contributed by atoms with Crippen LogP contribution in [0, 0.1) is 19.7 Å². The number of aromatic nitrogens is 2. The molecule has 0 atom stereocenters. The van der Waals surface area contributed by atoms with E-state index in [1.165, 1.54) is 33.9 Å². The van der Waals surface area contributed by atoms with Crippen LogP contribution < -0.4 is 10.2 Å². The summed E-state index contributed by atoms with van der Waals surface area (Å²) in [6, 6.07) is 15.9. The zero-order chi connectivity index (χ0) is 24.7. The standard InChI is InChI=1S/C29H32ClFN4/c1-18(2)22-7-5-6-8-23(22)27-20(4)19(3)15-26-28(27)33-29(34-13-11-32-12-14-34)35(26)17-21-9-10-25(31)24(30)16-21/h5-10,15-16,18,32H,11-14,17H2,1-4H3. The van der Waals surface area contributed by atoms with E-state index < -0.39 is 5.82 Å². The third-order valence-electron chi connectivity index (χ3n) is 7.12. The van der Waals surface area contributed by atoms with Crippen LogP contribution in [0.15, 0.2) is 48.5 Å². The molecule has 0 radical (unpaired) electrons. The van der Waals surface area contributed by atoms with Gasteiger partial charge in [0.2, 0.25) is 5.95 Å². The fourth-order valence-electron chi connectivity index (χ4n) is 5.11. The first-order chi connectivity index (χ1) is 16.8. The predicted octanol–water partition coefficient (Wildman–Crippen LogP) is 6.69.